The fourth-order valence-electron chi connectivity index (χ4n) is 2.70. The fourth-order valence-corrected chi connectivity index (χ4v) is 2.70. The van der Waals surface area contributed by atoms with Crippen LogP contribution in [0.4, 0.5) is 0 Å². The van der Waals surface area contributed by atoms with Crippen LogP contribution in [-0.2, 0) is 0 Å². The van der Waals surface area contributed by atoms with Crippen LogP contribution >= 0.6 is 0 Å². The second-order valence-corrected chi connectivity index (χ2v) is 5.19. The lowest BCUT2D eigenvalue weighted by atomic mass is 10.0. The van der Waals surface area contributed by atoms with E-state index in [1.54, 1.807) is 7.11 Å². The Kier molecular flexibility index (Phi) is 4.10. The summed E-state index contributed by atoms with van der Waals surface area (Å²) >= 11 is 0. The first-order valence-corrected chi connectivity index (χ1v) is 6.71. The van der Waals surface area contributed by atoms with Crippen LogP contribution in [0.5, 0.6) is 5.75 Å². The molecule has 0 aromatic heterocycles. The summed E-state index contributed by atoms with van der Waals surface area (Å²) in [6.45, 7) is 8.52. The Morgan fingerprint density at radius 1 is 1.37 bits per heavy atom. The van der Waals surface area contributed by atoms with Crippen molar-refractivity contribution in [2.24, 2.45) is 0 Å². The zero-order chi connectivity index (χ0) is 14.0. The highest BCUT2D eigenvalue weighted by molar-refractivity contribution is 5.95. The van der Waals surface area contributed by atoms with Gasteiger partial charge in [-0.15, -0.1) is 0 Å². The van der Waals surface area contributed by atoms with Gasteiger partial charge in [-0.1, -0.05) is 0 Å². The van der Waals surface area contributed by atoms with Crippen LogP contribution in [0.3, 0.4) is 0 Å². The van der Waals surface area contributed by atoms with Gasteiger partial charge >= 0.3 is 0 Å². The monoisotopic (exact) mass is 262 g/mol. The number of amides is 1. The average molecular weight is 262 g/mol. The molecule has 104 valence electrons. The van der Waals surface area contributed by atoms with Crippen molar-refractivity contribution in [3.63, 3.8) is 0 Å². The molecule has 0 bridgehead atoms. The molecular weight excluding hydrogens is 240 g/mol. The van der Waals surface area contributed by atoms with Gasteiger partial charge in [0.2, 0.25) is 0 Å². The average Bonchev–Trinajstić information content (AvgIpc) is 2.38. The first-order chi connectivity index (χ1) is 9.04. The van der Waals surface area contributed by atoms with E-state index in [9.17, 15) is 4.79 Å². The molecule has 1 aliphatic heterocycles. The van der Waals surface area contributed by atoms with Crippen LogP contribution in [0.15, 0.2) is 12.1 Å². The summed E-state index contributed by atoms with van der Waals surface area (Å²) in [5.41, 5.74) is 2.77. The molecule has 1 amide bonds. The Morgan fingerprint density at radius 3 is 2.53 bits per heavy atom. The lowest BCUT2D eigenvalue weighted by Gasteiger charge is -2.34. The molecule has 1 aromatic rings. The maximum absolute atomic E-state index is 12.6. The van der Waals surface area contributed by atoms with Gasteiger partial charge in [0.25, 0.3) is 5.91 Å². The van der Waals surface area contributed by atoms with Gasteiger partial charge in [-0.2, -0.15) is 0 Å². The third-order valence-electron chi connectivity index (χ3n) is 3.67. The van der Waals surface area contributed by atoms with Gasteiger partial charge in [0.1, 0.15) is 5.75 Å². The highest BCUT2D eigenvalue weighted by Crippen LogP contribution is 2.25. The summed E-state index contributed by atoms with van der Waals surface area (Å²) < 4.78 is 5.34. The van der Waals surface area contributed by atoms with Crippen LogP contribution in [-0.4, -0.2) is 43.6 Å². The van der Waals surface area contributed by atoms with E-state index in [-0.39, 0.29) is 11.9 Å². The van der Waals surface area contributed by atoms with Crippen LogP contribution < -0.4 is 10.1 Å². The van der Waals surface area contributed by atoms with Gasteiger partial charge in [0.05, 0.1) is 7.11 Å². The summed E-state index contributed by atoms with van der Waals surface area (Å²) in [5, 5.41) is 3.30. The second kappa shape index (κ2) is 5.61. The van der Waals surface area contributed by atoms with E-state index in [1.807, 2.05) is 30.9 Å². The Labute approximate surface area is 114 Å². The molecule has 0 saturated carbocycles. The molecule has 1 heterocycles. The van der Waals surface area contributed by atoms with E-state index in [1.165, 1.54) is 0 Å². The Bertz CT molecular complexity index is 462. The van der Waals surface area contributed by atoms with Crippen molar-refractivity contribution in [1.29, 1.82) is 0 Å². The lowest BCUT2D eigenvalue weighted by molar-refractivity contribution is 0.0655. The molecule has 1 N–H and O–H groups in total. The number of carbonyl (C=O) groups excluding carboxylic acids is 1. The molecule has 19 heavy (non-hydrogen) atoms. The number of piperazine rings is 1. The number of rotatable bonds is 2. The third kappa shape index (κ3) is 2.73. The number of aryl methyl sites for hydroxylation is 2. The van der Waals surface area contributed by atoms with Crippen molar-refractivity contribution in [3.8, 4) is 5.75 Å². The Balaban J connectivity index is 2.28. The van der Waals surface area contributed by atoms with Gasteiger partial charge < -0.3 is 15.0 Å². The van der Waals surface area contributed by atoms with Gasteiger partial charge in [-0.3, -0.25) is 4.79 Å². The first-order valence-electron chi connectivity index (χ1n) is 6.71. The zero-order valence-electron chi connectivity index (χ0n) is 12.1. The quantitative estimate of drug-likeness (QED) is 0.883. The molecule has 2 rings (SSSR count). The molecule has 0 radical (unpaired) electrons. The minimum Gasteiger partial charge on any atom is -0.496 e. The van der Waals surface area contributed by atoms with Crippen LogP contribution in [0.1, 0.15) is 28.4 Å². The Morgan fingerprint density at radius 2 is 2.00 bits per heavy atom. The van der Waals surface area contributed by atoms with Crippen molar-refractivity contribution >= 4 is 5.91 Å². The molecule has 1 aliphatic rings. The summed E-state index contributed by atoms with van der Waals surface area (Å²) in [6.07, 6.45) is 0. The highest BCUT2D eigenvalue weighted by atomic mass is 16.5. The molecule has 4 nitrogen and oxygen atoms in total. The minimum absolute atomic E-state index is 0.114. The number of methoxy groups -OCH3 is 1. The summed E-state index contributed by atoms with van der Waals surface area (Å²) in [7, 11) is 1.66. The number of hydrogen-bond acceptors (Lipinski definition) is 3. The normalized spacial score (nSPS) is 19.4. The maximum atomic E-state index is 12.6. The van der Waals surface area contributed by atoms with E-state index in [0.717, 1.165) is 42.1 Å². The standard InChI is InChI=1S/C15H22N2O2/c1-10-7-13(8-11(2)14(10)19-4)15(18)17-6-5-16-9-12(17)3/h7-8,12,16H,5-6,9H2,1-4H3. The van der Waals surface area contributed by atoms with Crippen molar-refractivity contribution in [2.75, 3.05) is 26.7 Å². The smallest absolute Gasteiger partial charge is 0.254 e. The third-order valence-corrected chi connectivity index (χ3v) is 3.67. The van der Waals surface area contributed by atoms with E-state index in [4.69, 9.17) is 4.74 Å². The number of benzene rings is 1. The number of hydrogen-bond donors (Lipinski definition) is 1. The molecular formula is C15H22N2O2. The fraction of sp³-hybridized carbons (Fsp3) is 0.533. The predicted octanol–water partition coefficient (Wildman–Crippen LogP) is 1.75. The van der Waals surface area contributed by atoms with Crippen molar-refractivity contribution in [2.45, 2.75) is 26.8 Å². The van der Waals surface area contributed by atoms with Crippen molar-refractivity contribution in [3.05, 3.63) is 28.8 Å². The molecule has 1 aromatic carbocycles. The van der Waals surface area contributed by atoms with Gasteiger partial charge in [-0.05, 0) is 44.0 Å². The molecule has 1 atom stereocenters. The van der Waals surface area contributed by atoms with Crippen LogP contribution in [0, 0.1) is 13.8 Å². The second-order valence-electron chi connectivity index (χ2n) is 5.19. The molecule has 1 unspecified atom stereocenters. The molecule has 4 heteroatoms. The minimum atomic E-state index is 0.114. The van der Waals surface area contributed by atoms with Gasteiger partial charge in [-0.25, -0.2) is 0 Å². The van der Waals surface area contributed by atoms with Crippen LogP contribution in [0.2, 0.25) is 0 Å². The van der Waals surface area contributed by atoms with Gasteiger partial charge in [0.15, 0.2) is 0 Å². The lowest BCUT2D eigenvalue weighted by Crippen LogP contribution is -2.52. The molecule has 0 aliphatic carbocycles. The van der Waals surface area contributed by atoms with Crippen LogP contribution in [0.25, 0.3) is 0 Å². The largest absolute Gasteiger partial charge is 0.496 e. The summed E-state index contributed by atoms with van der Waals surface area (Å²) in [6, 6.07) is 4.08. The molecule has 1 fully saturated rings. The maximum Gasteiger partial charge on any atom is 0.254 e. The highest BCUT2D eigenvalue weighted by Gasteiger charge is 2.24. The number of nitrogens with zero attached hydrogens (tertiary/aromatic N) is 1. The van der Waals surface area contributed by atoms with E-state index in [0.29, 0.717) is 0 Å². The van der Waals surface area contributed by atoms with Gasteiger partial charge in [0, 0.05) is 31.2 Å². The van der Waals surface area contributed by atoms with E-state index < -0.39 is 0 Å². The van der Waals surface area contributed by atoms with E-state index in [2.05, 4.69) is 12.2 Å². The number of carbonyl (C=O) groups is 1. The zero-order valence-corrected chi connectivity index (χ0v) is 12.1. The number of nitrogens with one attached hydrogen (secondary N) is 1. The summed E-state index contributed by atoms with van der Waals surface area (Å²) in [5.74, 6) is 0.979. The van der Waals surface area contributed by atoms with Crippen molar-refractivity contribution in [1.82, 2.24) is 10.2 Å². The summed E-state index contributed by atoms with van der Waals surface area (Å²) in [4.78, 5) is 14.5. The van der Waals surface area contributed by atoms with E-state index >= 15 is 0 Å². The molecule has 1 saturated heterocycles. The topological polar surface area (TPSA) is 41.6 Å². The van der Waals surface area contributed by atoms with Crippen molar-refractivity contribution < 1.29 is 9.53 Å². The predicted molar refractivity (Wildman–Crippen MR) is 75.8 cm³/mol. The Hall–Kier alpha value is -1.55. The number of ether oxygens (including phenoxy) is 1. The SMILES string of the molecule is COc1c(C)cc(C(=O)N2CCNCC2C)cc1C. The first kappa shape index (κ1) is 13.9. The molecule has 0 spiro atoms.